The van der Waals surface area contributed by atoms with Crippen LogP contribution in [0.4, 0.5) is 13.2 Å². The minimum absolute atomic E-state index is 0.0851. The van der Waals surface area contributed by atoms with Crippen LogP contribution < -0.4 is 0 Å². The van der Waals surface area contributed by atoms with Gasteiger partial charge in [-0.2, -0.15) is 13.2 Å². The smallest absolute Gasteiger partial charge is 0.340 e. The van der Waals surface area contributed by atoms with Crippen LogP contribution in [-0.2, 0) is 12.6 Å². The van der Waals surface area contributed by atoms with Crippen LogP contribution in [0, 0.1) is 0 Å². The maximum absolute atomic E-state index is 14.2. The van der Waals surface area contributed by atoms with E-state index in [-0.39, 0.29) is 40.4 Å². The summed E-state index contributed by atoms with van der Waals surface area (Å²) < 4.78 is 42.7. The predicted molar refractivity (Wildman–Crippen MR) is 146 cm³/mol. The average Bonchev–Trinajstić information content (AvgIpc) is 2.94. The maximum Gasteiger partial charge on any atom is 0.417 e. The van der Waals surface area contributed by atoms with Crippen LogP contribution >= 0.6 is 0 Å². The number of pyridine rings is 2. The summed E-state index contributed by atoms with van der Waals surface area (Å²) >= 11 is 0. The zero-order chi connectivity index (χ0) is 28.2. The molecule has 0 unspecified atom stereocenters. The minimum atomic E-state index is -4.66. The Bertz CT molecular complexity index is 1480. The van der Waals surface area contributed by atoms with E-state index in [9.17, 15) is 22.8 Å². The number of benzene rings is 2. The van der Waals surface area contributed by atoms with Gasteiger partial charge in [-0.3, -0.25) is 19.6 Å². The monoisotopic (exact) mass is 533 g/mol. The number of hydrogen-bond acceptors (Lipinski definition) is 4. The van der Waals surface area contributed by atoms with Crippen molar-refractivity contribution in [3.63, 3.8) is 0 Å². The fourth-order valence-corrected chi connectivity index (χ4v) is 4.56. The molecule has 0 aliphatic rings. The molecule has 5 nitrogen and oxygen atoms in total. The number of amides is 1. The minimum Gasteiger partial charge on any atom is -0.340 e. The predicted octanol–water partition coefficient (Wildman–Crippen LogP) is 7.37. The Morgan fingerprint density at radius 2 is 1.69 bits per heavy atom. The molecule has 0 spiro atoms. The molecule has 4 rings (SSSR count). The van der Waals surface area contributed by atoms with Gasteiger partial charge in [-0.05, 0) is 47.7 Å². The van der Waals surface area contributed by atoms with Gasteiger partial charge in [-0.25, -0.2) is 0 Å². The Morgan fingerprint density at radius 3 is 2.31 bits per heavy atom. The maximum atomic E-state index is 14.2. The summed E-state index contributed by atoms with van der Waals surface area (Å²) in [6.07, 6.45) is 0.396. The molecular formula is C31H30F3N3O2. The van der Waals surface area contributed by atoms with Gasteiger partial charge in [0.15, 0.2) is 5.78 Å². The van der Waals surface area contributed by atoms with Gasteiger partial charge < -0.3 is 4.90 Å². The molecule has 4 aromatic rings. The number of nitrogens with zero attached hydrogens (tertiary/aromatic N) is 3. The highest BCUT2D eigenvalue weighted by Gasteiger charge is 2.35. The lowest BCUT2D eigenvalue weighted by Crippen LogP contribution is -2.28. The Hall–Kier alpha value is -4.07. The molecule has 0 bridgehead atoms. The van der Waals surface area contributed by atoms with Gasteiger partial charge >= 0.3 is 6.18 Å². The molecular weight excluding hydrogens is 503 g/mol. The van der Waals surface area contributed by atoms with Crippen LogP contribution in [0.5, 0.6) is 0 Å². The van der Waals surface area contributed by atoms with Crippen molar-refractivity contribution in [2.24, 2.45) is 0 Å². The molecule has 2 aromatic heterocycles. The lowest BCUT2D eigenvalue weighted by Gasteiger charge is -2.18. The van der Waals surface area contributed by atoms with Gasteiger partial charge in [-0.15, -0.1) is 0 Å². The number of alkyl halides is 3. The van der Waals surface area contributed by atoms with Crippen molar-refractivity contribution >= 4 is 22.6 Å². The van der Waals surface area contributed by atoms with Crippen LogP contribution in [0.1, 0.15) is 70.6 Å². The second kappa shape index (κ2) is 11.8. The zero-order valence-electron chi connectivity index (χ0n) is 22.2. The molecule has 0 radical (unpaired) electrons. The third-order valence-corrected chi connectivity index (χ3v) is 6.76. The van der Waals surface area contributed by atoms with Crippen molar-refractivity contribution in [1.82, 2.24) is 14.9 Å². The van der Waals surface area contributed by atoms with E-state index in [1.54, 1.807) is 18.9 Å². The highest BCUT2D eigenvalue weighted by Crippen LogP contribution is 2.40. The van der Waals surface area contributed by atoms with Gasteiger partial charge in [0, 0.05) is 48.9 Å². The lowest BCUT2D eigenvalue weighted by molar-refractivity contribution is -0.137. The fraction of sp³-hybridized carbons (Fsp3) is 0.290. The second-order valence-corrected chi connectivity index (χ2v) is 9.51. The standard InChI is InChI=1S/C31H30F3N3O2/c1-4-6-14-37(3)30(39)27-13-12-21(18-35-27)22-16-24-23(15-20-10-8-7-9-11-20)25(29(38)5-2)19-36-28(24)17-26(22)31(32,33)34/h7-13,16-19H,4-6,14-15H2,1-3H3. The number of aromatic nitrogens is 2. The highest BCUT2D eigenvalue weighted by atomic mass is 19.4. The van der Waals surface area contributed by atoms with Crippen LogP contribution in [0.25, 0.3) is 22.0 Å². The Labute approximate surface area is 225 Å². The Kier molecular flexibility index (Phi) is 8.43. The first-order valence-corrected chi connectivity index (χ1v) is 13.0. The summed E-state index contributed by atoms with van der Waals surface area (Å²) in [7, 11) is 1.68. The first-order chi connectivity index (χ1) is 18.6. The Balaban J connectivity index is 1.87. The van der Waals surface area contributed by atoms with E-state index < -0.39 is 11.7 Å². The topological polar surface area (TPSA) is 63.2 Å². The summed E-state index contributed by atoms with van der Waals surface area (Å²) in [5.41, 5.74) is 1.54. The molecule has 0 atom stereocenters. The van der Waals surface area contributed by atoms with Crippen molar-refractivity contribution in [2.75, 3.05) is 13.6 Å². The first kappa shape index (κ1) is 28.0. The summed E-state index contributed by atoms with van der Waals surface area (Å²) in [6.45, 7) is 4.33. The fourth-order valence-electron chi connectivity index (χ4n) is 4.56. The van der Waals surface area contributed by atoms with E-state index in [1.165, 1.54) is 30.6 Å². The van der Waals surface area contributed by atoms with Gasteiger partial charge in [0.05, 0.1) is 11.1 Å². The number of carbonyl (C=O) groups is 2. The number of unbranched alkanes of at least 4 members (excludes halogenated alkanes) is 1. The number of ketones is 1. The number of rotatable bonds is 9. The number of Topliss-reactive ketones (excluding diaryl/α,β-unsaturated/α-hetero) is 1. The average molecular weight is 534 g/mol. The van der Waals surface area contributed by atoms with E-state index >= 15 is 0 Å². The molecule has 39 heavy (non-hydrogen) atoms. The van der Waals surface area contributed by atoms with E-state index in [4.69, 9.17) is 0 Å². The molecule has 0 saturated heterocycles. The molecule has 0 fully saturated rings. The molecule has 2 aromatic carbocycles. The first-order valence-electron chi connectivity index (χ1n) is 13.0. The quantitative estimate of drug-likeness (QED) is 0.211. The largest absolute Gasteiger partial charge is 0.417 e. The molecule has 1 amide bonds. The number of carbonyl (C=O) groups excluding carboxylic acids is 2. The van der Waals surface area contributed by atoms with Crippen molar-refractivity contribution in [3.05, 3.63) is 94.9 Å². The van der Waals surface area contributed by atoms with Crippen molar-refractivity contribution in [2.45, 2.75) is 45.7 Å². The van der Waals surface area contributed by atoms with E-state index in [0.29, 0.717) is 29.5 Å². The van der Waals surface area contributed by atoms with Gasteiger partial charge in [0.25, 0.3) is 5.91 Å². The molecule has 202 valence electrons. The van der Waals surface area contributed by atoms with Crippen molar-refractivity contribution in [1.29, 1.82) is 0 Å². The Morgan fingerprint density at radius 1 is 0.949 bits per heavy atom. The SMILES string of the molecule is CCCCN(C)C(=O)c1ccc(-c2cc3c(Cc4ccccc4)c(C(=O)CC)cnc3cc2C(F)(F)F)cn1. The molecule has 0 aliphatic carbocycles. The van der Waals surface area contributed by atoms with Crippen LogP contribution in [0.3, 0.4) is 0 Å². The van der Waals surface area contributed by atoms with Gasteiger partial charge in [0.1, 0.15) is 5.69 Å². The second-order valence-electron chi connectivity index (χ2n) is 9.51. The normalized spacial score (nSPS) is 11.5. The molecule has 8 heteroatoms. The number of halogens is 3. The summed E-state index contributed by atoms with van der Waals surface area (Å²) in [6, 6.07) is 14.9. The van der Waals surface area contributed by atoms with Crippen molar-refractivity contribution < 1.29 is 22.8 Å². The highest BCUT2D eigenvalue weighted by molar-refractivity contribution is 6.02. The van der Waals surface area contributed by atoms with Gasteiger partial charge in [-0.1, -0.05) is 56.7 Å². The third kappa shape index (κ3) is 6.16. The van der Waals surface area contributed by atoms with Crippen LogP contribution in [0.2, 0.25) is 0 Å². The summed E-state index contributed by atoms with van der Waals surface area (Å²) in [5, 5.41) is 0.473. The van der Waals surface area contributed by atoms with Gasteiger partial charge in [0.2, 0.25) is 0 Å². The molecule has 0 aliphatic heterocycles. The summed E-state index contributed by atoms with van der Waals surface area (Å²) in [4.78, 5) is 35.5. The van der Waals surface area contributed by atoms with Crippen molar-refractivity contribution in [3.8, 4) is 11.1 Å². The zero-order valence-corrected chi connectivity index (χ0v) is 22.2. The number of hydrogen-bond donors (Lipinski definition) is 0. The van der Waals surface area contributed by atoms with E-state index in [1.807, 2.05) is 37.3 Å². The van der Waals surface area contributed by atoms with E-state index in [0.717, 1.165) is 24.5 Å². The van der Waals surface area contributed by atoms with Crippen LogP contribution in [0.15, 0.2) is 67.0 Å². The third-order valence-electron chi connectivity index (χ3n) is 6.76. The summed E-state index contributed by atoms with van der Waals surface area (Å²) in [5.74, 6) is -0.421. The molecule has 2 heterocycles. The molecule has 0 saturated carbocycles. The lowest BCUT2D eigenvalue weighted by atomic mass is 9.90. The van der Waals surface area contributed by atoms with E-state index in [2.05, 4.69) is 9.97 Å². The number of fused-ring (bicyclic) bond motifs is 1. The molecule has 0 N–H and O–H groups in total. The van der Waals surface area contributed by atoms with Crippen LogP contribution in [-0.4, -0.2) is 40.2 Å².